The predicted octanol–water partition coefficient (Wildman–Crippen LogP) is 6.26. The van der Waals surface area contributed by atoms with E-state index in [0.717, 1.165) is 10.0 Å². The largest absolute Gasteiger partial charge is 0.488 e. The summed E-state index contributed by atoms with van der Waals surface area (Å²) in [6.07, 6.45) is 1.74. The third-order valence-electron chi connectivity index (χ3n) is 5.34. The van der Waals surface area contributed by atoms with E-state index < -0.39 is 10.9 Å². The number of carbonyl (C=O) groups is 2. The molecule has 0 atom stereocenters. The number of hydrogen-bond acceptors (Lipinski definition) is 7. The molecule has 37 heavy (non-hydrogen) atoms. The number of nitrogens with zero attached hydrogens (tertiary/aromatic N) is 3. The van der Waals surface area contributed by atoms with E-state index in [1.165, 1.54) is 36.0 Å². The Morgan fingerprint density at radius 2 is 1.86 bits per heavy atom. The Balaban J connectivity index is 1.58. The normalized spacial score (nSPS) is 15.4. The molecule has 1 aliphatic rings. The molecular weight excluding hydrogens is 562 g/mol. The number of amidine groups is 1. The van der Waals surface area contributed by atoms with E-state index in [1.54, 1.807) is 41.3 Å². The number of carboxylic acid groups (broad SMARTS) is 1. The lowest BCUT2D eigenvalue weighted by atomic mass is 10.1. The summed E-state index contributed by atoms with van der Waals surface area (Å²) < 4.78 is 6.79. The zero-order valence-electron chi connectivity index (χ0n) is 19.5. The monoisotopic (exact) mass is 581 g/mol. The second-order valence-corrected chi connectivity index (χ2v) is 9.73. The van der Waals surface area contributed by atoms with Crippen molar-refractivity contribution in [2.24, 2.45) is 4.99 Å². The molecule has 1 heterocycles. The second-order valence-electron chi connectivity index (χ2n) is 7.80. The summed E-state index contributed by atoms with van der Waals surface area (Å²) in [5.41, 5.74) is 2.14. The van der Waals surface area contributed by atoms with Gasteiger partial charge in [0.05, 0.1) is 21.1 Å². The van der Waals surface area contributed by atoms with Crippen molar-refractivity contribution in [2.45, 2.75) is 13.5 Å². The van der Waals surface area contributed by atoms with Crippen LogP contribution in [0.15, 0.2) is 81.1 Å². The number of amides is 1. The van der Waals surface area contributed by atoms with Gasteiger partial charge in [-0.05, 0) is 84.9 Å². The quantitative estimate of drug-likeness (QED) is 0.189. The van der Waals surface area contributed by atoms with Crippen LogP contribution in [0.2, 0.25) is 0 Å². The van der Waals surface area contributed by atoms with Crippen LogP contribution in [0, 0.1) is 10.1 Å². The molecule has 1 amide bonds. The summed E-state index contributed by atoms with van der Waals surface area (Å²) in [4.78, 5) is 41.2. The molecule has 0 aromatic heterocycles. The third-order valence-corrected chi connectivity index (χ3v) is 6.84. The van der Waals surface area contributed by atoms with Gasteiger partial charge in [0.15, 0.2) is 5.17 Å². The van der Waals surface area contributed by atoms with Gasteiger partial charge in [0, 0.05) is 28.7 Å². The SMILES string of the molecule is CCN1C(=O)C(=Cc2cc(Br)ccc2OCc2ccc([N+](=O)[O-])cc2)SC1=Nc1ccc(C(=O)O)cc1. The van der Waals surface area contributed by atoms with Crippen molar-refractivity contribution in [3.63, 3.8) is 0 Å². The fraction of sp³-hybridized carbons (Fsp3) is 0.115. The lowest BCUT2D eigenvalue weighted by Crippen LogP contribution is -2.28. The summed E-state index contributed by atoms with van der Waals surface area (Å²) in [6, 6.07) is 17.7. The predicted molar refractivity (Wildman–Crippen MR) is 145 cm³/mol. The number of nitro groups is 1. The zero-order chi connectivity index (χ0) is 26.5. The molecule has 0 spiro atoms. The molecule has 0 aliphatic carbocycles. The number of benzene rings is 3. The van der Waals surface area contributed by atoms with Gasteiger partial charge in [-0.2, -0.15) is 0 Å². The minimum absolute atomic E-state index is 0.00496. The average molecular weight is 582 g/mol. The first-order valence-electron chi connectivity index (χ1n) is 11.0. The molecule has 3 aromatic rings. The van der Waals surface area contributed by atoms with Crippen molar-refractivity contribution in [2.75, 3.05) is 6.54 Å². The summed E-state index contributed by atoms with van der Waals surface area (Å²) in [6.45, 7) is 2.45. The van der Waals surface area contributed by atoms with Gasteiger partial charge in [0.2, 0.25) is 0 Å². The number of carboxylic acids is 1. The van der Waals surface area contributed by atoms with E-state index in [9.17, 15) is 19.7 Å². The summed E-state index contributed by atoms with van der Waals surface area (Å²) in [5.74, 6) is -0.680. The van der Waals surface area contributed by atoms with Crippen molar-refractivity contribution in [1.82, 2.24) is 4.90 Å². The van der Waals surface area contributed by atoms with Crippen LogP contribution in [0.3, 0.4) is 0 Å². The number of ether oxygens (including phenoxy) is 1. The van der Waals surface area contributed by atoms with Gasteiger partial charge in [-0.3, -0.25) is 19.8 Å². The minimum Gasteiger partial charge on any atom is -0.488 e. The van der Waals surface area contributed by atoms with Crippen molar-refractivity contribution in [3.05, 3.63) is 103 Å². The number of halogens is 1. The van der Waals surface area contributed by atoms with Gasteiger partial charge in [0.25, 0.3) is 11.6 Å². The molecule has 9 nitrogen and oxygen atoms in total. The summed E-state index contributed by atoms with van der Waals surface area (Å²) in [7, 11) is 0. The van der Waals surface area contributed by atoms with Crippen molar-refractivity contribution in [3.8, 4) is 5.75 Å². The molecule has 4 rings (SSSR count). The van der Waals surface area contributed by atoms with Crippen molar-refractivity contribution >= 4 is 62.2 Å². The number of aromatic carboxylic acids is 1. The summed E-state index contributed by atoms with van der Waals surface area (Å²) in [5, 5.41) is 20.4. The molecular formula is C26H20BrN3O6S. The highest BCUT2D eigenvalue weighted by Crippen LogP contribution is 2.36. The topological polar surface area (TPSA) is 122 Å². The number of nitro benzene ring substituents is 1. The molecule has 0 saturated carbocycles. The van der Waals surface area contributed by atoms with Gasteiger partial charge in [-0.25, -0.2) is 9.79 Å². The van der Waals surface area contributed by atoms with Gasteiger partial charge in [-0.1, -0.05) is 15.9 Å². The lowest BCUT2D eigenvalue weighted by molar-refractivity contribution is -0.384. The van der Waals surface area contributed by atoms with Gasteiger partial charge >= 0.3 is 5.97 Å². The molecule has 1 fully saturated rings. The highest BCUT2D eigenvalue weighted by molar-refractivity contribution is 9.10. The van der Waals surface area contributed by atoms with E-state index >= 15 is 0 Å². The lowest BCUT2D eigenvalue weighted by Gasteiger charge is -2.12. The molecule has 188 valence electrons. The third kappa shape index (κ3) is 6.25. The Kier molecular flexibility index (Phi) is 8.04. The maximum absolute atomic E-state index is 13.1. The Labute approximate surface area is 224 Å². The van der Waals surface area contributed by atoms with Crippen LogP contribution >= 0.6 is 27.7 Å². The smallest absolute Gasteiger partial charge is 0.335 e. The number of likely N-dealkylation sites (N-methyl/N-ethyl adjacent to an activating group) is 1. The van der Waals surface area contributed by atoms with Crippen LogP contribution in [-0.2, 0) is 11.4 Å². The number of non-ortho nitro benzene ring substituents is 1. The molecule has 1 saturated heterocycles. The fourth-order valence-electron chi connectivity index (χ4n) is 3.44. The van der Waals surface area contributed by atoms with E-state index in [1.807, 2.05) is 19.1 Å². The second kappa shape index (κ2) is 11.4. The Hall–Kier alpha value is -3.96. The Bertz CT molecular complexity index is 1420. The first-order valence-corrected chi connectivity index (χ1v) is 12.6. The van der Waals surface area contributed by atoms with Gasteiger partial charge in [-0.15, -0.1) is 0 Å². The van der Waals surface area contributed by atoms with Crippen LogP contribution in [0.1, 0.15) is 28.4 Å². The van der Waals surface area contributed by atoms with Crippen molar-refractivity contribution < 1.29 is 24.4 Å². The van der Waals surface area contributed by atoms with Gasteiger partial charge in [0.1, 0.15) is 12.4 Å². The van der Waals surface area contributed by atoms with Crippen LogP contribution in [0.5, 0.6) is 5.75 Å². The Morgan fingerprint density at radius 1 is 1.16 bits per heavy atom. The maximum Gasteiger partial charge on any atom is 0.335 e. The highest BCUT2D eigenvalue weighted by atomic mass is 79.9. The molecule has 1 aliphatic heterocycles. The van der Waals surface area contributed by atoms with E-state index in [2.05, 4.69) is 20.9 Å². The minimum atomic E-state index is -1.02. The van der Waals surface area contributed by atoms with Crippen LogP contribution in [-0.4, -0.2) is 38.5 Å². The number of aliphatic imine (C=N–C) groups is 1. The number of rotatable bonds is 8. The average Bonchev–Trinajstić information content (AvgIpc) is 3.17. The molecule has 3 aromatic carbocycles. The molecule has 11 heteroatoms. The summed E-state index contributed by atoms with van der Waals surface area (Å²) >= 11 is 4.68. The molecule has 0 radical (unpaired) electrons. The van der Waals surface area contributed by atoms with Crippen LogP contribution in [0.4, 0.5) is 11.4 Å². The molecule has 0 bridgehead atoms. The first-order chi connectivity index (χ1) is 17.7. The van der Waals surface area contributed by atoms with Crippen LogP contribution < -0.4 is 4.74 Å². The van der Waals surface area contributed by atoms with E-state index in [0.29, 0.717) is 33.6 Å². The maximum atomic E-state index is 13.1. The Morgan fingerprint density at radius 3 is 2.49 bits per heavy atom. The standard InChI is InChI=1S/C26H20BrN3O6S/c1-2-29-24(31)23(37-26(29)28-20-8-5-17(6-9-20)25(32)33)14-18-13-19(27)7-12-22(18)36-15-16-3-10-21(11-4-16)30(34)35/h3-14H,2,15H2,1H3,(H,32,33). The fourth-order valence-corrected chi connectivity index (χ4v) is 4.87. The van der Waals surface area contributed by atoms with Crippen LogP contribution in [0.25, 0.3) is 6.08 Å². The highest BCUT2D eigenvalue weighted by Gasteiger charge is 2.32. The number of thioether (sulfide) groups is 1. The molecule has 0 unspecified atom stereocenters. The number of carbonyl (C=O) groups excluding carboxylic acids is 1. The first kappa shape index (κ1) is 26.1. The molecule has 1 N–H and O–H groups in total. The number of hydrogen-bond donors (Lipinski definition) is 1. The van der Waals surface area contributed by atoms with Crippen molar-refractivity contribution in [1.29, 1.82) is 0 Å². The van der Waals surface area contributed by atoms with E-state index in [-0.39, 0.29) is 23.8 Å². The van der Waals surface area contributed by atoms with Gasteiger partial charge < -0.3 is 9.84 Å². The zero-order valence-corrected chi connectivity index (χ0v) is 21.9. The van der Waals surface area contributed by atoms with E-state index in [4.69, 9.17) is 9.84 Å².